The molecule has 42 heavy (non-hydrogen) atoms. The van der Waals surface area contributed by atoms with Crippen LogP contribution in [0.1, 0.15) is 73.0 Å². The zero-order valence-corrected chi connectivity index (χ0v) is 24.2. The Bertz CT molecular complexity index is 1310. The highest BCUT2D eigenvalue weighted by atomic mass is 19.4. The lowest BCUT2D eigenvalue weighted by Gasteiger charge is -2.47. The van der Waals surface area contributed by atoms with Crippen molar-refractivity contribution in [1.82, 2.24) is 14.8 Å². The Morgan fingerprint density at radius 3 is 2.19 bits per heavy atom. The Kier molecular flexibility index (Phi) is 8.17. The SMILES string of the molecule is Cc1nc(OC2CCC3(CC2)CCN(C(=O)[C@](O)(c2cccc(OC4CC4)c2)C(F)(F)F)CC3)ccc1C(=O)N(C)C. The van der Waals surface area contributed by atoms with Gasteiger partial charge in [-0.1, -0.05) is 12.1 Å². The number of aryl methyl sites for hydroxylation is 1. The van der Waals surface area contributed by atoms with Crippen LogP contribution in [0.15, 0.2) is 36.4 Å². The maximum absolute atomic E-state index is 14.3. The molecule has 2 heterocycles. The summed E-state index contributed by atoms with van der Waals surface area (Å²) in [5, 5.41) is 11.0. The number of amides is 2. The summed E-state index contributed by atoms with van der Waals surface area (Å²) in [4.78, 5) is 32.7. The van der Waals surface area contributed by atoms with Crippen LogP contribution in [0.25, 0.3) is 0 Å². The van der Waals surface area contributed by atoms with E-state index in [0.29, 0.717) is 30.0 Å². The van der Waals surface area contributed by atoms with Crippen LogP contribution in [-0.4, -0.2) is 77.3 Å². The number of alkyl halides is 3. The third kappa shape index (κ3) is 6.07. The highest BCUT2D eigenvalue weighted by Crippen LogP contribution is 2.47. The van der Waals surface area contributed by atoms with Crippen LogP contribution >= 0.6 is 0 Å². The van der Waals surface area contributed by atoms with E-state index in [0.717, 1.165) is 55.6 Å². The molecule has 1 spiro atoms. The average Bonchev–Trinajstić information content (AvgIpc) is 3.77. The average molecular weight is 590 g/mol. The van der Waals surface area contributed by atoms with Crippen LogP contribution in [-0.2, 0) is 10.4 Å². The zero-order chi connectivity index (χ0) is 30.3. The summed E-state index contributed by atoms with van der Waals surface area (Å²) in [5.74, 6) is -0.795. The molecule has 0 unspecified atom stereocenters. The van der Waals surface area contributed by atoms with Crippen LogP contribution in [0.3, 0.4) is 0 Å². The van der Waals surface area contributed by atoms with E-state index in [4.69, 9.17) is 9.47 Å². The molecule has 3 aliphatic rings. The molecule has 1 aromatic carbocycles. The van der Waals surface area contributed by atoms with E-state index in [1.165, 1.54) is 17.0 Å². The molecule has 1 aliphatic heterocycles. The van der Waals surface area contributed by atoms with Gasteiger partial charge in [0.2, 0.25) is 5.88 Å². The lowest BCUT2D eigenvalue weighted by molar-refractivity contribution is -0.262. The summed E-state index contributed by atoms with van der Waals surface area (Å²) in [5.41, 5.74) is -3.15. The van der Waals surface area contributed by atoms with Gasteiger partial charge in [-0.3, -0.25) is 9.59 Å². The minimum Gasteiger partial charge on any atom is -0.490 e. The van der Waals surface area contributed by atoms with E-state index in [-0.39, 0.29) is 42.4 Å². The molecule has 2 saturated carbocycles. The monoisotopic (exact) mass is 589 g/mol. The summed E-state index contributed by atoms with van der Waals surface area (Å²) < 4.78 is 54.7. The number of piperidine rings is 1. The zero-order valence-electron chi connectivity index (χ0n) is 24.2. The van der Waals surface area contributed by atoms with Gasteiger partial charge in [-0.25, -0.2) is 4.98 Å². The number of nitrogens with zero attached hydrogens (tertiary/aromatic N) is 3. The minimum atomic E-state index is -5.20. The van der Waals surface area contributed by atoms with E-state index in [2.05, 4.69) is 4.98 Å². The third-order valence-corrected chi connectivity index (χ3v) is 8.89. The summed E-state index contributed by atoms with van der Waals surface area (Å²) in [6, 6.07) is 8.58. The normalized spacial score (nSPS) is 20.6. The van der Waals surface area contributed by atoms with Gasteiger partial charge in [-0.15, -0.1) is 0 Å². The fourth-order valence-electron chi connectivity index (χ4n) is 6.06. The predicted molar refractivity (Wildman–Crippen MR) is 148 cm³/mol. The molecule has 11 heteroatoms. The molecule has 1 atom stereocenters. The Morgan fingerprint density at radius 2 is 1.62 bits per heavy atom. The van der Waals surface area contributed by atoms with Gasteiger partial charge in [0.1, 0.15) is 11.9 Å². The molecule has 5 rings (SSSR count). The molecule has 1 saturated heterocycles. The molecule has 3 fully saturated rings. The van der Waals surface area contributed by atoms with E-state index in [9.17, 15) is 27.9 Å². The Balaban J connectivity index is 1.19. The molecule has 2 aromatic rings. The first-order valence-electron chi connectivity index (χ1n) is 14.5. The van der Waals surface area contributed by atoms with E-state index in [1.807, 2.05) is 0 Å². The van der Waals surface area contributed by atoms with Crippen molar-refractivity contribution in [3.8, 4) is 11.6 Å². The van der Waals surface area contributed by atoms with E-state index >= 15 is 0 Å². The van der Waals surface area contributed by atoms with Crippen molar-refractivity contribution in [1.29, 1.82) is 0 Å². The fraction of sp³-hybridized carbons (Fsp3) is 0.581. The maximum atomic E-state index is 14.3. The standard InChI is InChI=1S/C31H38F3N3O5/c1-20-25(27(38)36(2)3)9-10-26(35-20)42-23-11-13-29(14-12-23)15-17-37(18-16-29)28(39)30(40,31(32,33)34)21-5-4-6-24(19-21)41-22-7-8-22/h4-6,9-10,19,22-23,40H,7-8,11-18H2,1-3H3/t30-/m1/s1. The number of ether oxygens (including phenoxy) is 2. The van der Waals surface area contributed by atoms with Crippen LogP contribution in [0, 0.1) is 12.3 Å². The van der Waals surface area contributed by atoms with Crippen molar-refractivity contribution in [3.05, 3.63) is 53.2 Å². The van der Waals surface area contributed by atoms with Gasteiger partial charge < -0.3 is 24.4 Å². The van der Waals surface area contributed by atoms with Crippen molar-refractivity contribution in [3.63, 3.8) is 0 Å². The Labute approximate surface area is 243 Å². The number of halogens is 3. The number of aromatic nitrogens is 1. The maximum Gasteiger partial charge on any atom is 0.430 e. The van der Waals surface area contributed by atoms with Crippen LogP contribution in [0.4, 0.5) is 13.2 Å². The number of hydrogen-bond donors (Lipinski definition) is 1. The molecule has 2 aliphatic carbocycles. The largest absolute Gasteiger partial charge is 0.490 e. The van der Waals surface area contributed by atoms with Gasteiger partial charge in [0.25, 0.3) is 17.4 Å². The Hall–Kier alpha value is -3.34. The van der Waals surface area contributed by atoms with Crippen molar-refractivity contribution in [2.75, 3.05) is 27.2 Å². The first-order valence-corrected chi connectivity index (χ1v) is 14.5. The topological polar surface area (TPSA) is 92.2 Å². The number of carbonyl (C=O) groups is 2. The van der Waals surface area contributed by atoms with Gasteiger partial charge in [0, 0.05) is 38.8 Å². The number of hydrogen-bond acceptors (Lipinski definition) is 6. The third-order valence-electron chi connectivity index (χ3n) is 8.89. The molecule has 1 N–H and O–H groups in total. The predicted octanol–water partition coefficient (Wildman–Crippen LogP) is 5.01. The van der Waals surface area contributed by atoms with Crippen molar-refractivity contribution in [2.24, 2.45) is 5.41 Å². The fourth-order valence-corrected chi connectivity index (χ4v) is 6.06. The highest BCUT2D eigenvalue weighted by Gasteiger charge is 2.62. The molecule has 0 bridgehead atoms. The van der Waals surface area contributed by atoms with Crippen LogP contribution < -0.4 is 9.47 Å². The molecular weight excluding hydrogens is 551 g/mol. The second-order valence-corrected chi connectivity index (χ2v) is 12.1. The molecule has 0 radical (unpaired) electrons. The Morgan fingerprint density at radius 1 is 0.976 bits per heavy atom. The summed E-state index contributed by atoms with van der Waals surface area (Å²) >= 11 is 0. The smallest absolute Gasteiger partial charge is 0.430 e. The molecule has 228 valence electrons. The van der Waals surface area contributed by atoms with Gasteiger partial charge in [0.05, 0.1) is 17.4 Å². The van der Waals surface area contributed by atoms with Crippen LogP contribution in [0.5, 0.6) is 11.6 Å². The summed E-state index contributed by atoms with van der Waals surface area (Å²) in [7, 11) is 3.37. The number of rotatable bonds is 7. The van der Waals surface area contributed by atoms with Crippen molar-refractivity contribution in [2.45, 2.75) is 82.3 Å². The minimum absolute atomic E-state index is 0.0339. The first-order chi connectivity index (χ1) is 19.8. The molecular formula is C31H38F3N3O5. The number of pyridine rings is 1. The molecule has 1 aromatic heterocycles. The molecule has 8 nitrogen and oxygen atoms in total. The number of aliphatic hydroxyl groups is 1. The van der Waals surface area contributed by atoms with E-state index in [1.54, 1.807) is 33.2 Å². The molecule has 2 amide bonds. The van der Waals surface area contributed by atoms with Gasteiger partial charge in [-0.05, 0) is 81.9 Å². The summed E-state index contributed by atoms with van der Waals surface area (Å²) in [6.45, 7) is 2.05. The van der Waals surface area contributed by atoms with Crippen molar-refractivity contribution < 1.29 is 37.3 Å². The summed E-state index contributed by atoms with van der Waals surface area (Å²) in [6.07, 6.45) is 0.644. The number of likely N-dealkylation sites (tertiary alicyclic amines) is 1. The highest BCUT2D eigenvalue weighted by molar-refractivity contribution is 5.94. The van der Waals surface area contributed by atoms with Gasteiger partial charge in [0.15, 0.2) is 0 Å². The quantitative estimate of drug-likeness (QED) is 0.488. The number of benzene rings is 1. The first kappa shape index (κ1) is 30.1. The van der Waals surface area contributed by atoms with E-state index < -0.39 is 23.2 Å². The lowest BCUT2D eigenvalue weighted by atomic mass is 9.67. The second-order valence-electron chi connectivity index (χ2n) is 12.1. The van der Waals surface area contributed by atoms with Gasteiger partial charge >= 0.3 is 6.18 Å². The van der Waals surface area contributed by atoms with Crippen LogP contribution in [0.2, 0.25) is 0 Å². The second kappa shape index (κ2) is 11.4. The lowest BCUT2D eigenvalue weighted by Crippen LogP contribution is -2.58. The van der Waals surface area contributed by atoms with Crippen molar-refractivity contribution >= 4 is 11.8 Å². The number of carbonyl (C=O) groups excluding carboxylic acids is 2. The van der Waals surface area contributed by atoms with Gasteiger partial charge in [-0.2, -0.15) is 13.2 Å².